The topological polar surface area (TPSA) is 33.2 Å². The summed E-state index contributed by atoms with van der Waals surface area (Å²) in [6.07, 6.45) is 3.92. The third-order valence-electron chi connectivity index (χ3n) is 4.82. The number of benzene rings is 2. The van der Waals surface area contributed by atoms with Crippen molar-refractivity contribution in [3.05, 3.63) is 95.7 Å². The molecule has 0 radical (unpaired) electrons. The molecule has 27 heavy (non-hydrogen) atoms. The van der Waals surface area contributed by atoms with E-state index in [-0.39, 0.29) is 11.2 Å². The number of pyridine rings is 1. The molecule has 1 fully saturated rings. The molecule has 3 nitrogen and oxygen atoms in total. The fourth-order valence-electron chi connectivity index (χ4n) is 3.38. The molecule has 0 bridgehead atoms. The van der Waals surface area contributed by atoms with E-state index < -0.39 is 0 Å². The second kappa shape index (κ2) is 8.40. The molecule has 2 aromatic carbocycles. The monoisotopic (exact) mass is 374 g/mol. The highest BCUT2D eigenvalue weighted by molar-refractivity contribution is 7.99. The van der Waals surface area contributed by atoms with Crippen LogP contribution in [0.2, 0.25) is 0 Å². The number of likely N-dealkylation sites (tertiary alicyclic amines) is 1. The van der Waals surface area contributed by atoms with Gasteiger partial charge < -0.3 is 4.90 Å². The lowest BCUT2D eigenvalue weighted by atomic mass is 10.0. The minimum absolute atomic E-state index is 0.0965. The van der Waals surface area contributed by atoms with Gasteiger partial charge in [0.1, 0.15) is 0 Å². The summed E-state index contributed by atoms with van der Waals surface area (Å²) in [5, 5.41) is 1.09. The van der Waals surface area contributed by atoms with Crippen LogP contribution in [0.5, 0.6) is 0 Å². The van der Waals surface area contributed by atoms with Crippen LogP contribution in [0.3, 0.4) is 0 Å². The molecule has 1 saturated heterocycles. The van der Waals surface area contributed by atoms with E-state index in [1.807, 2.05) is 29.2 Å². The van der Waals surface area contributed by atoms with Gasteiger partial charge in [0.2, 0.25) is 0 Å². The van der Waals surface area contributed by atoms with Crippen LogP contribution in [0.15, 0.2) is 84.0 Å². The number of rotatable bonds is 5. The lowest BCUT2D eigenvalue weighted by Crippen LogP contribution is -2.27. The molecule has 0 saturated carbocycles. The first-order valence-corrected chi connectivity index (χ1v) is 10.2. The van der Waals surface area contributed by atoms with Crippen LogP contribution in [0.1, 0.15) is 39.6 Å². The Bertz CT molecular complexity index is 836. The van der Waals surface area contributed by atoms with Gasteiger partial charge in [0.05, 0.1) is 15.8 Å². The maximum Gasteiger partial charge on any atom is 0.255 e. The number of aromatic nitrogens is 1. The maximum atomic E-state index is 12.5. The summed E-state index contributed by atoms with van der Waals surface area (Å²) < 4.78 is 0. The van der Waals surface area contributed by atoms with Crippen molar-refractivity contribution in [2.45, 2.75) is 23.1 Å². The van der Waals surface area contributed by atoms with Gasteiger partial charge in [0.15, 0.2) is 0 Å². The average molecular weight is 375 g/mol. The van der Waals surface area contributed by atoms with Gasteiger partial charge in [-0.3, -0.25) is 4.79 Å². The van der Waals surface area contributed by atoms with Crippen molar-refractivity contribution in [3.8, 4) is 0 Å². The predicted octanol–water partition coefficient (Wildman–Crippen LogP) is 5.20. The van der Waals surface area contributed by atoms with Crippen LogP contribution in [-0.2, 0) is 0 Å². The lowest BCUT2D eigenvalue weighted by Gasteiger charge is -2.18. The quantitative estimate of drug-likeness (QED) is 0.576. The molecule has 0 aliphatic carbocycles. The summed E-state index contributed by atoms with van der Waals surface area (Å²) in [4.78, 5) is 19.0. The highest BCUT2D eigenvalue weighted by Gasteiger charge is 2.20. The number of hydrogen-bond acceptors (Lipinski definition) is 3. The van der Waals surface area contributed by atoms with Crippen LogP contribution in [0.4, 0.5) is 0 Å². The van der Waals surface area contributed by atoms with Crippen molar-refractivity contribution in [1.82, 2.24) is 9.88 Å². The second-order valence-electron chi connectivity index (χ2n) is 6.70. The largest absolute Gasteiger partial charge is 0.339 e. The molecule has 3 aromatic rings. The zero-order chi connectivity index (χ0) is 18.5. The van der Waals surface area contributed by atoms with E-state index in [0.29, 0.717) is 5.56 Å². The van der Waals surface area contributed by atoms with Gasteiger partial charge in [-0.2, -0.15) is 0 Å². The predicted molar refractivity (Wildman–Crippen MR) is 110 cm³/mol. The Balaban J connectivity index is 1.55. The fraction of sp³-hybridized carbons (Fsp3) is 0.217. The number of carbonyl (C=O) groups is 1. The second-order valence-corrected chi connectivity index (χ2v) is 7.83. The molecular formula is C23H22N2OS. The van der Waals surface area contributed by atoms with E-state index in [1.165, 1.54) is 11.1 Å². The normalized spacial score (nSPS) is 13.9. The van der Waals surface area contributed by atoms with E-state index >= 15 is 0 Å². The molecule has 1 aromatic heterocycles. The average Bonchev–Trinajstić information content (AvgIpc) is 3.28. The lowest BCUT2D eigenvalue weighted by molar-refractivity contribution is 0.0792. The minimum Gasteiger partial charge on any atom is -0.339 e. The van der Waals surface area contributed by atoms with E-state index in [2.05, 4.69) is 53.5 Å². The Morgan fingerprint density at radius 2 is 1.44 bits per heavy atom. The summed E-state index contributed by atoms with van der Waals surface area (Å²) in [6.45, 7) is 1.72. The highest BCUT2D eigenvalue weighted by Crippen LogP contribution is 2.39. The standard InChI is InChI=1S/C23H22N2OS/c26-23(25-15-7-8-16-25)20-13-14-21(24-17-20)27-22(18-9-3-1-4-10-18)19-11-5-2-6-12-19/h1-6,9-14,17,22H,7-8,15-16H2. The van der Waals surface area contributed by atoms with Crippen molar-refractivity contribution in [1.29, 1.82) is 0 Å². The summed E-state index contributed by atoms with van der Waals surface area (Å²) in [5.41, 5.74) is 3.16. The number of thioether (sulfide) groups is 1. The van der Waals surface area contributed by atoms with E-state index in [1.54, 1.807) is 18.0 Å². The summed E-state index contributed by atoms with van der Waals surface area (Å²) in [5.74, 6) is 0.0965. The zero-order valence-corrected chi connectivity index (χ0v) is 15.9. The van der Waals surface area contributed by atoms with Gasteiger partial charge in [-0.05, 0) is 36.1 Å². The first kappa shape index (κ1) is 17.8. The zero-order valence-electron chi connectivity index (χ0n) is 15.1. The van der Waals surface area contributed by atoms with Gasteiger partial charge >= 0.3 is 0 Å². The Hall–Kier alpha value is -2.59. The summed E-state index contributed by atoms with van der Waals surface area (Å²) >= 11 is 1.71. The van der Waals surface area contributed by atoms with Gasteiger partial charge in [0.25, 0.3) is 5.91 Å². The van der Waals surface area contributed by atoms with Crippen molar-refractivity contribution in [2.75, 3.05) is 13.1 Å². The van der Waals surface area contributed by atoms with Crippen LogP contribution in [-0.4, -0.2) is 28.9 Å². The minimum atomic E-state index is 0.0965. The van der Waals surface area contributed by atoms with Crippen molar-refractivity contribution in [2.24, 2.45) is 0 Å². The first-order valence-electron chi connectivity index (χ1n) is 9.33. The van der Waals surface area contributed by atoms with Crippen LogP contribution in [0.25, 0.3) is 0 Å². The Kier molecular flexibility index (Phi) is 5.54. The summed E-state index contributed by atoms with van der Waals surface area (Å²) in [6, 6.07) is 24.8. The molecule has 4 heteroatoms. The van der Waals surface area contributed by atoms with Gasteiger partial charge in [-0.1, -0.05) is 72.4 Å². The molecule has 1 aliphatic rings. The number of amides is 1. The Morgan fingerprint density at radius 3 is 1.96 bits per heavy atom. The molecule has 1 aliphatic heterocycles. The number of hydrogen-bond donors (Lipinski definition) is 0. The molecule has 1 amide bonds. The van der Waals surface area contributed by atoms with Crippen molar-refractivity contribution < 1.29 is 4.79 Å². The maximum absolute atomic E-state index is 12.5. The summed E-state index contributed by atoms with van der Waals surface area (Å²) in [7, 11) is 0. The molecule has 0 N–H and O–H groups in total. The van der Waals surface area contributed by atoms with Gasteiger partial charge in [-0.15, -0.1) is 0 Å². The molecule has 0 atom stereocenters. The van der Waals surface area contributed by atoms with Crippen LogP contribution in [0, 0.1) is 0 Å². The van der Waals surface area contributed by atoms with Crippen LogP contribution < -0.4 is 0 Å². The highest BCUT2D eigenvalue weighted by atomic mass is 32.2. The van der Waals surface area contributed by atoms with Crippen molar-refractivity contribution >= 4 is 17.7 Å². The Labute approximate surface area is 164 Å². The number of nitrogens with zero attached hydrogens (tertiary/aromatic N) is 2. The fourth-order valence-corrected chi connectivity index (χ4v) is 4.47. The molecule has 136 valence electrons. The third-order valence-corrected chi connectivity index (χ3v) is 6.08. The molecule has 0 unspecified atom stereocenters. The van der Waals surface area contributed by atoms with Gasteiger partial charge in [0, 0.05) is 19.3 Å². The van der Waals surface area contributed by atoms with Gasteiger partial charge in [-0.25, -0.2) is 4.98 Å². The number of carbonyl (C=O) groups excluding carboxylic acids is 1. The molecule has 0 spiro atoms. The van der Waals surface area contributed by atoms with Crippen LogP contribution >= 0.6 is 11.8 Å². The Morgan fingerprint density at radius 1 is 0.852 bits per heavy atom. The smallest absolute Gasteiger partial charge is 0.255 e. The molecule has 2 heterocycles. The van der Waals surface area contributed by atoms with E-state index in [0.717, 1.165) is 31.0 Å². The first-order chi connectivity index (χ1) is 13.3. The van der Waals surface area contributed by atoms with E-state index in [4.69, 9.17) is 0 Å². The molecule has 4 rings (SSSR count). The van der Waals surface area contributed by atoms with E-state index in [9.17, 15) is 4.79 Å². The molecular weight excluding hydrogens is 352 g/mol. The third kappa shape index (κ3) is 4.22. The SMILES string of the molecule is O=C(c1ccc(SC(c2ccccc2)c2ccccc2)nc1)N1CCCC1. The van der Waals surface area contributed by atoms with Crippen molar-refractivity contribution in [3.63, 3.8) is 0 Å².